The summed E-state index contributed by atoms with van der Waals surface area (Å²) in [5.74, 6) is 0.419. The van der Waals surface area contributed by atoms with E-state index in [1.165, 1.54) is 0 Å². The molecule has 2 heterocycles. The molecule has 3 aliphatic rings. The van der Waals surface area contributed by atoms with E-state index in [0.29, 0.717) is 31.1 Å². The van der Waals surface area contributed by atoms with E-state index in [1.807, 2.05) is 11.8 Å². The minimum atomic E-state index is -0.702. The molecule has 3 rings (SSSR count). The second kappa shape index (κ2) is 5.76. The molecule has 0 aromatic heterocycles. The average molecular weight is 326 g/mol. The fraction of sp³-hybridized carbons (Fsp3) is 0.800. The van der Waals surface area contributed by atoms with Crippen molar-refractivity contribution < 1.29 is 19.5 Å². The second-order valence-corrected chi connectivity index (χ2v) is 7.52. The van der Waals surface area contributed by atoms with Gasteiger partial charge in [0.2, 0.25) is 11.8 Å². The molecule has 0 radical (unpaired) electrons. The molecule has 7 heteroatoms. The number of thioether (sulfide) groups is 1. The first kappa shape index (κ1) is 15.6. The third-order valence-corrected chi connectivity index (χ3v) is 6.36. The molecule has 2 atom stereocenters. The Morgan fingerprint density at radius 1 is 1.27 bits per heavy atom. The maximum atomic E-state index is 12.7. The van der Waals surface area contributed by atoms with E-state index in [9.17, 15) is 14.4 Å². The van der Waals surface area contributed by atoms with Crippen LogP contribution in [-0.2, 0) is 14.4 Å². The normalized spacial score (nSPS) is 29.7. The molecular formula is C15H22N2O4S. The molecule has 1 spiro atoms. The van der Waals surface area contributed by atoms with Gasteiger partial charge in [-0.15, -0.1) is 11.8 Å². The Morgan fingerprint density at radius 2 is 1.95 bits per heavy atom. The highest BCUT2D eigenvalue weighted by Gasteiger charge is 2.59. The number of nitrogens with zero attached hydrogens (tertiary/aromatic N) is 2. The third-order valence-electron chi connectivity index (χ3n) is 5.35. The van der Waals surface area contributed by atoms with Gasteiger partial charge in [-0.3, -0.25) is 14.4 Å². The maximum absolute atomic E-state index is 12.7. The zero-order chi connectivity index (χ0) is 15.9. The van der Waals surface area contributed by atoms with Crippen molar-refractivity contribution in [2.24, 2.45) is 11.3 Å². The predicted molar refractivity (Wildman–Crippen MR) is 82.2 cm³/mol. The number of aliphatic carboxylic acids is 1. The first-order valence-electron chi connectivity index (χ1n) is 7.87. The van der Waals surface area contributed by atoms with Gasteiger partial charge in [-0.05, 0) is 24.7 Å². The Balaban J connectivity index is 1.58. The van der Waals surface area contributed by atoms with E-state index < -0.39 is 5.97 Å². The number of carbonyl (C=O) groups is 3. The van der Waals surface area contributed by atoms with Gasteiger partial charge in [-0.1, -0.05) is 6.92 Å². The molecule has 1 aliphatic carbocycles. The Hall–Kier alpha value is -1.24. The first-order valence-corrected chi connectivity index (χ1v) is 9.03. The van der Waals surface area contributed by atoms with Gasteiger partial charge in [0.1, 0.15) is 6.04 Å². The van der Waals surface area contributed by atoms with E-state index in [-0.39, 0.29) is 29.2 Å². The Morgan fingerprint density at radius 3 is 2.50 bits per heavy atom. The van der Waals surface area contributed by atoms with Crippen molar-refractivity contribution in [3.8, 4) is 0 Å². The van der Waals surface area contributed by atoms with Crippen LogP contribution in [0.3, 0.4) is 0 Å². The summed E-state index contributed by atoms with van der Waals surface area (Å²) in [5, 5.41) is 9.11. The summed E-state index contributed by atoms with van der Waals surface area (Å²) < 4.78 is 0. The lowest BCUT2D eigenvalue weighted by Crippen LogP contribution is -2.51. The van der Waals surface area contributed by atoms with Crippen LogP contribution in [0.1, 0.15) is 32.6 Å². The minimum absolute atomic E-state index is 0.0324. The van der Waals surface area contributed by atoms with Crippen LogP contribution in [0.2, 0.25) is 0 Å². The molecule has 1 N–H and O–H groups in total. The van der Waals surface area contributed by atoms with Gasteiger partial charge in [-0.25, -0.2) is 0 Å². The number of likely N-dealkylation sites (tertiary alicyclic amines) is 1. The summed E-state index contributed by atoms with van der Waals surface area (Å²) in [6.07, 6.45) is 2.73. The van der Waals surface area contributed by atoms with Crippen molar-refractivity contribution in [2.45, 2.75) is 38.6 Å². The van der Waals surface area contributed by atoms with Gasteiger partial charge in [0.05, 0.1) is 11.8 Å². The minimum Gasteiger partial charge on any atom is -0.481 e. The van der Waals surface area contributed by atoms with Gasteiger partial charge in [-0.2, -0.15) is 0 Å². The number of hydrogen-bond acceptors (Lipinski definition) is 4. The summed E-state index contributed by atoms with van der Waals surface area (Å²) in [6.45, 7) is 3.06. The second-order valence-electron chi connectivity index (χ2n) is 6.52. The van der Waals surface area contributed by atoms with Crippen molar-refractivity contribution in [3.05, 3.63) is 0 Å². The van der Waals surface area contributed by atoms with E-state index >= 15 is 0 Å². The molecule has 2 saturated heterocycles. The van der Waals surface area contributed by atoms with Crippen molar-refractivity contribution in [1.29, 1.82) is 0 Å². The summed E-state index contributed by atoms with van der Waals surface area (Å²) in [7, 11) is 0. The van der Waals surface area contributed by atoms with E-state index in [4.69, 9.17) is 5.11 Å². The molecule has 6 nitrogen and oxygen atoms in total. The zero-order valence-corrected chi connectivity index (χ0v) is 13.6. The fourth-order valence-electron chi connectivity index (χ4n) is 3.73. The summed E-state index contributed by atoms with van der Waals surface area (Å²) >= 11 is 1.62. The number of hydrogen-bond donors (Lipinski definition) is 1. The van der Waals surface area contributed by atoms with Crippen LogP contribution in [0.4, 0.5) is 0 Å². The fourth-order valence-corrected chi connectivity index (χ4v) is 4.90. The molecule has 22 heavy (non-hydrogen) atoms. The number of amides is 2. The Kier molecular flexibility index (Phi) is 4.09. The quantitative estimate of drug-likeness (QED) is 0.837. The van der Waals surface area contributed by atoms with Gasteiger partial charge in [0, 0.05) is 25.3 Å². The summed E-state index contributed by atoms with van der Waals surface area (Å²) in [6, 6.07) is -0.332. The number of carboxylic acids is 1. The summed E-state index contributed by atoms with van der Waals surface area (Å²) in [5.41, 5.74) is -0.0635. The topological polar surface area (TPSA) is 77.9 Å². The molecule has 0 bridgehead atoms. The zero-order valence-electron chi connectivity index (χ0n) is 12.8. The van der Waals surface area contributed by atoms with Gasteiger partial charge >= 0.3 is 5.97 Å². The van der Waals surface area contributed by atoms with Crippen molar-refractivity contribution in [1.82, 2.24) is 9.80 Å². The van der Waals surface area contributed by atoms with E-state index in [2.05, 4.69) is 0 Å². The third kappa shape index (κ3) is 2.59. The number of carbonyl (C=O) groups excluding carboxylic acids is 2. The maximum Gasteiger partial charge on any atom is 0.307 e. The smallest absolute Gasteiger partial charge is 0.307 e. The van der Waals surface area contributed by atoms with Crippen LogP contribution in [0.25, 0.3) is 0 Å². The van der Waals surface area contributed by atoms with Crippen molar-refractivity contribution >= 4 is 29.5 Å². The Labute approximate surface area is 134 Å². The van der Waals surface area contributed by atoms with Crippen molar-refractivity contribution in [2.75, 3.05) is 24.7 Å². The Bertz CT molecular complexity index is 502. The first-order chi connectivity index (χ1) is 10.5. The van der Waals surface area contributed by atoms with Crippen LogP contribution in [-0.4, -0.2) is 63.5 Å². The SMILES string of the molecule is CCC(=O)N1CSCC1C(=O)N1CCC2(CC1)CC2C(=O)O. The highest BCUT2D eigenvalue weighted by Crippen LogP contribution is 2.59. The molecule has 3 fully saturated rings. The number of piperidine rings is 1. The van der Waals surface area contributed by atoms with Crippen LogP contribution in [0.5, 0.6) is 0 Å². The molecular weight excluding hydrogens is 304 g/mol. The van der Waals surface area contributed by atoms with Gasteiger partial charge in [0.25, 0.3) is 0 Å². The monoisotopic (exact) mass is 326 g/mol. The largest absolute Gasteiger partial charge is 0.481 e. The van der Waals surface area contributed by atoms with Crippen LogP contribution in [0.15, 0.2) is 0 Å². The highest BCUT2D eigenvalue weighted by atomic mass is 32.2. The predicted octanol–water partition coefficient (Wildman–Crippen LogP) is 1.01. The molecule has 0 aromatic rings. The molecule has 0 aromatic carbocycles. The number of carboxylic acid groups (broad SMARTS) is 1. The lowest BCUT2D eigenvalue weighted by molar-refractivity contribution is -0.144. The molecule has 122 valence electrons. The van der Waals surface area contributed by atoms with Crippen LogP contribution >= 0.6 is 11.8 Å². The van der Waals surface area contributed by atoms with Gasteiger partial charge < -0.3 is 14.9 Å². The molecule has 1 saturated carbocycles. The van der Waals surface area contributed by atoms with Gasteiger partial charge in [0.15, 0.2) is 0 Å². The average Bonchev–Trinajstić information content (AvgIpc) is 3.00. The lowest BCUT2D eigenvalue weighted by atomic mass is 9.90. The van der Waals surface area contributed by atoms with E-state index in [0.717, 1.165) is 19.3 Å². The standard InChI is InChI=1S/C15H22N2O4S/c1-2-12(18)17-9-22-8-11(17)13(19)16-5-3-15(4-6-16)7-10(15)14(20)21/h10-11H,2-9H2,1H3,(H,20,21). The molecule has 2 amide bonds. The lowest BCUT2D eigenvalue weighted by Gasteiger charge is -2.35. The summed E-state index contributed by atoms with van der Waals surface area (Å²) in [4.78, 5) is 39.2. The molecule has 2 unspecified atom stereocenters. The van der Waals surface area contributed by atoms with Crippen molar-refractivity contribution in [3.63, 3.8) is 0 Å². The number of rotatable bonds is 3. The molecule has 2 aliphatic heterocycles. The van der Waals surface area contributed by atoms with Crippen LogP contribution < -0.4 is 0 Å². The van der Waals surface area contributed by atoms with E-state index in [1.54, 1.807) is 16.7 Å². The van der Waals surface area contributed by atoms with Crippen LogP contribution in [0, 0.1) is 11.3 Å². The highest BCUT2D eigenvalue weighted by molar-refractivity contribution is 7.99.